The molecular formula is C24H25ClN6O. The number of benzene rings is 2. The van der Waals surface area contributed by atoms with E-state index in [1.807, 2.05) is 56.3 Å². The topological polar surface area (TPSA) is 65.8 Å². The van der Waals surface area contributed by atoms with Crippen molar-refractivity contribution in [3.8, 4) is 0 Å². The molecule has 3 aromatic rings. The number of hydrogen-bond donors (Lipinski definition) is 1. The van der Waals surface area contributed by atoms with Crippen molar-refractivity contribution in [2.75, 3.05) is 36.4 Å². The van der Waals surface area contributed by atoms with Gasteiger partial charge in [0.1, 0.15) is 0 Å². The molecule has 32 heavy (non-hydrogen) atoms. The van der Waals surface area contributed by atoms with Crippen LogP contribution in [0.4, 0.5) is 11.6 Å². The van der Waals surface area contributed by atoms with Crippen LogP contribution in [0, 0.1) is 13.8 Å². The quantitative estimate of drug-likeness (QED) is 0.648. The molecule has 1 aromatic heterocycles. The maximum Gasteiger partial charge on any atom is 0.257 e. The first-order chi connectivity index (χ1) is 15.5. The number of aliphatic imine (C=N–C) groups is 1. The maximum absolute atomic E-state index is 12.8. The lowest BCUT2D eigenvalue weighted by molar-refractivity contribution is 0.376. The Balaban J connectivity index is 1.44. The lowest BCUT2D eigenvalue weighted by Gasteiger charge is -2.39. The molecule has 0 saturated carbocycles. The fourth-order valence-corrected chi connectivity index (χ4v) is 4.39. The minimum Gasteiger partial charge on any atom is -0.368 e. The van der Waals surface area contributed by atoms with E-state index < -0.39 is 6.17 Å². The summed E-state index contributed by atoms with van der Waals surface area (Å²) in [6, 6.07) is 17.6. The molecule has 0 aliphatic carbocycles. The van der Waals surface area contributed by atoms with Crippen molar-refractivity contribution < 1.29 is 0 Å². The number of aryl methyl sites for hydroxylation is 2. The Morgan fingerprint density at radius 3 is 2.41 bits per heavy atom. The number of piperazine rings is 1. The van der Waals surface area contributed by atoms with Crippen LogP contribution in [0.1, 0.15) is 23.0 Å². The van der Waals surface area contributed by atoms with Crippen molar-refractivity contribution in [1.29, 1.82) is 0 Å². The molecule has 8 heteroatoms. The number of hydrogen-bond acceptors (Lipinski definition) is 6. The van der Waals surface area contributed by atoms with Crippen LogP contribution in [0.5, 0.6) is 0 Å². The van der Waals surface area contributed by atoms with Crippen LogP contribution in [0.3, 0.4) is 0 Å². The van der Waals surface area contributed by atoms with E-state index in [-0.39, 0.29) is 5.56 Å². The highest BCUT2D eigenvalue weighted by molar-refractivity contribution is 6.30. The SMILES string of the molecule is Cc1ccc([C@@H]2N=C(N3CCN(c4cccc(Cl)c4)CC3)Nc3nc(C)cc(=O)n32)cc1. The van der Waals surface area contributed by atoms with Gasteiger partial charge in [-0.2, -0.15) is 0 Å². The molecule has 1 fully saturated rings. The number of halogens is 1. The summed E-state index contributed by atoms with van der Waals surface area (Å²) in [4.78, 5) is 26.9. The number of guanidine groups is 1. The van der Waals surface area contributed by atoms with E-state index in [9.17, 15) is 4.79 Å². The number of nitrogens with one attached hydrogen (secondary N) is 1. The monoisotopic (exact) mass is 448 g/mol. The first kappa shape index (κ1) is 20.6. The van der Waals surface area contributed by atoms with Gasteiger partial charge in [-0.25, -0.2) is 9.98 Å². The van der Waals surface area contributed by atoms with Crippen molar-refractivity contribution in [3.63, 3.8) is 0 Å². The summed E-state index contributed by atoms with van der Waals surface area (Å²) in [5, 5.41) is 4.05. The van der Waals surface area contributed by atoms with Gasteiger partial charge in [0.05, 0.1) is 0 Å². The maximum atomic E-state index is 12.8. The van der Waals surface area contributed by atoms with Gasteiger partial charge in [0.25, 0.3) is 5.56 Å². The highest BCUT2D eigenvalue weighted by Crippen LogP contribution is 2.27. The number of anilines is 2. The summed E-state index contributed by atoms with van der Waals surface area (Å²) in [6.45, 7) is 7.18. The molecule has 0 amide bonds. The van der Waals surface area contributed by atoms with Crippen molar-refractivity contribution in [2.24, 2.45) is 4.99 Å². The van der Waals surface area contributed by atoms with Gasteiger partial charge < -0.3 is 9.80 Å². The molecule has 1 atom stereocenters. The lowest BCUT2D eigenvalue weighted by atomic mass is 10.1. The summed E-state index contributed by atoms with van der Waals surface area (Å²) >= 11 is 6.17. The van der Waals surface area contributed by atoms with E-state index in [4.69, 9.17) is 16.6 Å². The van der Waals surface area contributed by atoms with E-state index >= 15 is 0 Å². The standard InChI is InChI=1S/C24H25ClN6O/c1-16-6-8-18(9-7-16)22-27-23(28-24-26-17(2)14-21(32)31(22)24)30-12-10-29(11-13-30)20-5-3-4-19(25)15-20/h3-9,14-15,22H,10-13H2,1-2H3,(H,26,27,28)/t22-/m1/s1. The first-order valence-electron chi connectivity index (χ1n) is 10.7. The van der Waals surface area contributed by atoms with E-state index in [2.05, 4.69) is 26.2 Å². The van der Waals surface area contributed by atoms with E-state index in [1.165, 1.54) is 5.56 Å². The highest BCUT2D eigenvalue weighted by Gasteiger charge is 2.29. The summed E-state index contributed by atoms with van der Waals surface area (Å²) in [5.74, 6) is 1.28. The molecule has 3 heterocycles. The van der Waals surface area contributed by atoms with Crippen molar-refractivity contribution in [1.82, 2.24) is 14.5 Å². The Labute approximate surface area is 192 Å². The molecular weight excluding hydrogens is 424 g/mol. The van der Waals surface area contributed by atoms with Crippen LogP contribution in [-0.4, -0.2) is 46.6 Å². The van der Waals surface area contributed by atoms with Gasteiger partial charge in [-0.1, -0.05) is 47.5 Å². The molecule has 2 aromatic carbocycles. The predicted molar refractivity (Wildman–Crippen MR) is 129 cm³/mol. The average Bonchev–Trinajstić information content (AvgIpc) is 2.79. The predicted octanol–water partition coefficient (Wildman–Crippen LogP) is 3.66. The molecule has 0 bridgehead atoms. The van der Waals surface area contributed by atoms with E-state index in [0.717, 1.165) is 48.4 Å². The molecule has 2 aliphatic rings. The van der Waals surface area contributed by atoms with Gasteiger partial charge in [0.15, 0.2) is 6.17 Å². The van der Waals surface area contributed by atoms with Crippen LogP contribution >= 0.6 is 11.6 Å². The van der Waals surface area contributed by atoms with Gasteiger partial charge in [0, 0.05) is 48.6 Å². The molecule has 1 N–H and O–H groups in total. The third-order valence-electron chi connectivity index (χ3n) is 5.92. The summed E-state index contributed by atoms with van der Waals surface area (Å²) in [7, 11) is 0. The summed E-state index contributed by atoms with van der Waals surface area (Å²) in [6.07, 6.45) is -0.451. The third kappa shape index (κ3) is 3.96. The van der Waals surface area contributed by atoms with Gasteiger partial charge in [-0.05, 0) is 37.6 Å². The molecule has 0 spiro atoms. The third-order valence-corrected chi connectivity index (χ3v) is 6.16. The zero-order chi connectivity index (χ0) is 22.2. The van der Waals surface area contributed by atoms with Crippen molar-refractivity contribution >= 4 is 29.2 Å². The van der Waals surface area contributed by atoms with Gasteiger partial charge >= 0.3 is 0 Å². The van der Waals surface area contributed by atoms with Crippen molar-refractivity contribution in [2.45, 2.75) is 20.0 Å². The minimum atomic E-state index is -0.451. The van der Waals surface area contributed by atoms with Crippen molar-refractivity contribution in [3.05, 3.63) is 86.8 Å². The summed E-state index contributed by atoms with van der Waals surface area (Å²) in [5.41, 5.74) is 3.82. The van der Waals surface area contributed by atoms with Crippen LogP contribution in [0.15, 0.2) is 64.4 Å². The molecule has 5 rings (SSSR count). The largest absolute Gasteiger partial charge is 0.368 e. The second-order valence-electron chi connectivity index (χ2n) is 8.25. The fraction of sp³-hybridized carbons (Fsp3) is 0.292. The molecule has 2 aliphatic heterocycles. The molecule has 1 saturated heterocycles. The van der Waals surface area contributed by atoms with Gasteiger partial charge in [-0.15, -0.1) is 0 Å². The zero-order valence-corrected chi connectivity index (χ0v) is 18.9. The Morgan fingerprint density at radius 1 is 0.969 bits per heavy atom. The van der Waals surface area contributed by atoms with Gasteiger partial charge in [-0.3, -0.25) is 14.7 Å². The van der Waals surface area contributed by atoms with Crippen LogP contribution in [-0.2, 0) is 0 Å². The molecule has 164 valence electrons. The average molecular weight is 449 g/mol. The van der Waals surface area contributed by atoms with E-state index in [1.54, 1.807) is 10.6 Å². The Morgan fingerprint density at radius 2 is 1.69 bits per heavy atom. The van der Waals surface area contributed by atoms with Crippen LogP contribution < -0.4 is 15.8 Å². The fourth-order valence-electron chi connectivity index (χ4n) is 4.21. The molecule has 0 unspecified atom stereocenters. The second kappa shape index (κ2) is 8.31. The normalized spacial score (nSPS) is 18.1. The molecule has 7 nitrogen and oxygen atoms in total. The number of aromatic nitrogens is 2. The zero-order valence-electron chi connectivity index (χ0n) is 18.1. The number of rotatable bonds is 2. The Hall–Kier alpha value is -3.32. The smallest absolute Gasteiger partial charge is 0.257 e. The van der Waals surface area contributed by atoms with Gasteiger partial charge in [0.2, 0.25) is 11.9 Å². The molecule has 0 radical (unpaired) electrons. The number of nitrogens with zero attached hydrogens (tertiary/aromatic N) is 5. The number of fused-ring (bicyclic) bond motifs is 1. The Bertz CT molecular complexity index is 1230. The van der Waals surface area contributed by atoms with E-state index in [0.29, 0.717) is 11.6 Å². The highest BCUT2D eigenvalue weighted by atomic mass is 35.5. The van der Waals surface area contributed by atoms with Crippen LogP contribution in [0.25, 0.3) is 0 Å². The summed E-state index contributed by atoms with van der Waals surface area (Å²) < 4.78 is 1.63. The lowest BCUT2D eigenvalue weighted by Crippen LogP contribution is -2.52. The first-order valence-corrected chi connectivity index (χ1v) is 11.1. The van der Waals surface area contributed by atoms with Crippen LogP contribution in [0.2, 0.25) is 5.02 Å². The Kier molecular flexibility index (Phi) is 5.35. The minimum absolute atomic E-state index is 0.112. The second-order valence-corrected chi connectivity index (χ2v) is 8.68.